The molecule has 146 valence electrons. The number of benzene rings is 1. The summed E-state index contributed by atoms with van der Waals surface area (Å²) in [4.78, 5) is 1.23. The first-order valence-electron chi connectivity index (χ1n) is 8.53. The van der Waals surface area contributed by atoms with Gasteiger partial charge in [-0.3, -0.25) is 0 Å². The van der Waals surface area contributed by atoms with Crippen LogP contribution in [0.1, 0.15) is 0 Å². The molecule has 2 aromatic heterocycles. The van der Waals surface area contributed by atoms with Crippen LogP contribution in [-0.2, 0) is 10.0 Å². The molecule has 10 heteroatoms. The zero-order valence-corrected chi connectivity index (χ0v) is 15.4. The highest BCUT2D eigenvalue weighted by Gasteiger charge is 2.31. The summed E-state index contributed by atoms with van der Waals surface area (Å²) in [6, 6.07) is 9.49. The van der Waals surface area contributed by atoms with Gasteiger partial charge in [0.1, 0.15) is 22.2 Å². The molecule has 0 spiro atoms. The quantitative estimate of drug-likeness (QED) is 0.663. The van der Waals surface area contributed by atoms with Gasteiger partial charge in [0.25, 0.3) is 0 Å². The van der Waals surface area contributed by atoms with E-state index in [0.29, 0.717) is 36.4 Å². The largest absolute Gasteiger partial charge is 0.463 e. The molecule has 0 unspecified atom stereocenters. The second-order valence-electron chi connectivity index (χ2n) is 6.22. The molecule has 0 atom stereocenters. The van der Waals surface area contributed by atoms with Gasteiger partial charge in [0, 0.05) is 26.2 Å². The van der Waals surface area contributed by atoms with E-state index in [-0.39, 0.29) is 13.1 Å². The number of halogens is 2. The van der Waals surface area contributed by atoms with Crippen LogP contribution in [0.25, 0.3) is 11.5 Å². The molecule has 0 bridgehead atoms. The fourth-order valence-electron chi connectivity index (χ4n) is 3.02. The summed E-state index contributed by atoms with van der Waals surface area (Å²) < 4.78 is 59.0. The molecule has 1 saturated heterocycles. The standard InChI is InChI=1S/C18H16F2N4O3S/c19-13-3-4-14(20)17(12-13)28(25,26)24-9-7-23(8-10-24)18-6-5-15(21-22-18)16-2-1-11-27-16/h1-6,11-12H,7-10H2. The molecule has 1 aliphatic rings. The van der Waals surface area contributed by atoms with Crippen LogP contribution < -0.4 is 4.90 Å². The lowest BCUT2D eigenvalue weighted by Gasteiger charge is -2.34. The highest BCUT2D eigenvalue weighted by molar-refractivity contribution is 7.89. The van der Waals surface area contributed by atoms with Gasteiger partial charge in [-0.25, -0.2) is 17.2 Å². The summed E-state index contributed by atoms with van der Waals surface area (Å²) in [7, 11) is -4.11. The van der Waals surface area contributed by atoms with Gasteiger partial charge in [0.15, 0.2) is 11.6 Å². The number of nitrogens with zero attached hydrogens (tertiary/aromatic N) is 4. The molecular formula is C18H16F2N4O3S. The van der Waals surface area contributed by atoms with Crippen molar-refractivity contribution in [2.45, 2.75) is 4.90 Å². The minimum Gasteiger partial charge on any atom is -0.463 e. The van der Waals surface area contributed by atoms with Crippen LogP contribution in [0.2, 0.25) is 0 Å². The van der Waals surface area contributed by atoms with E-state index in [1.54, 1.807) is 30.5 Å². The molecule has 1 fully saturated rings. The summed E-state index contributed by atoms with van der Waals surface area (Å²) >= 11 is 0. The van der Waals surface area contributed by atoms with Crippen LogP contribution in [0, 0.1) is 11.6 Å². The van der Waals surface area contributed by atoms with Crippen LogP contribution in [-0.4, -0.2) is 49.1 Å². The first kappa shape index (κ1) is 18.5. The zero-order chi connectivity index (χ0) is 19.7. The molecule has 0 N–H and O–H groups in total. The fraction of sp³-hybridized carbons (Fsp3) is 0.222. The van der Waals surface area contributed by atoms with E-state index in [1.807, 2.05) is 4.90 Å². The molecule has 0 radical (unpaired) electrons. The summed E-state index contributed by atoms with van der Waals surface area (Å²) in [6.45, 7) is 0.954. The molecule has 4 rings (SSSR count). The van der Waals surface area contributed by atoms with Gasteiger partial charge in [-0.05, 0) is 42.5 Å². The Labute approximate surface area is 160 Å². The lowest BCUT2D eigenvalue weighted by Crippen LogP contribution is -2.49. The normalized spacial score (nSPS) is 15.7. The van der Waals surface area contributed by atoms with Crippen LogP contribution in [0.5, 0.6) is 0 Å². The number of furan rings is 1. The Bertz CT molecular complexity index is 1060. The maximum absolute atomic E-state index is 13.9. The Morgan fingerprint density at radius 1 is 0.964 bits per heavy atom. The minimum atomic E-state index is -4.11. The third kappa shape index (κ3) is 3.48. The monoisotopic (exact) mass is 406 g/mol. The van der Waals surface area contributed by atoms with Gasteiger partial charge in [0.05, 0.1) is 6.26 Å². The molecular weight excluding hydrogens is 390 g/mol. The maximum Gasteiger partial charge on any atom is 0.246 e. The van der Waals surface area contributed by atoms with Crippen molar-refractivity contribution in [3.63, 3.8) is 0 Å². The summed E-state index contributed by atoms with van der Waals surface area (Å²) in [5.41, 5.74) is 0.594. The highest BCUT2D eigenvalue weighted by atomic mass is 32.2. The Kier molecular flexibility index (Phi) is 4.82. The highest BCUT2D eigenvalue weighted by Crippen LogP contribution is 2.24. The van der Waals surface area contributed by atoms with Crippen LogP contribution in [0.15, 0.2) is 58.0 Å². The van der Waals surface area contributed by atoms with E-state index < -0.39 is 26.6 Å². The van der Waals surface area contributed by atoms with Crippen molar-refractivity contribution in [3.05, 3.63) is 60.4 Å². The van der Waals surface area contributed by atoms with Crippen molar-refractivity contribution < 1.29 is 21.6 Å². The number of hydrogen-bond donors (Lipinski definition) is 0. The summed E-state index contributed by atoms with van der Waals surface area (Å²) in [5, 5.41) is 8.29. The molecule has 1 aromatic carbocycles. The van der Waals surface area contributed by atoms with Crippen molar-refractivity contribution in [1.29, 1.82) is 0 Å². The second kappa shape index (κ2) is 7.28. The molecule has 7 nitrogen and oxygen atoms in total. The number of rotatable bonds is 4. The van der Waals surface area contributed by atoms with Gasteiger partial charge in [0.2, 0.25) is 10.0 Å². The molecule has 0 amide bonds. The Morgan fingerprint density at radius 3 is 2.39 bits per heavy atom. The number of hydrogen-bond acceptors (Lipinski definition) is 6. The average Bonchev–Trinajstić information content (AvgIpc) is 3.25. The number of sulfonamides is 1. The van der Waals surface area contributed by atoms with E-state index in [2.05, 4.69) is 10.2 Å². The molecule has 0 aliphatic carbocycles. The Balaban J connectivity index is 1.46. The number of anilines is 1. The van der Waals surface area contributed by atoms with Crippen molar-refractivity contribution in [2.24, 2.45) is 0 Å². The molecule has 3 aromatic rings. The van der Waals surface area contributed by atoms with Crippen molar-refractivity contribution >= 4 is 15.8 Å². The van der Waals surface area contributed by atoms with E-state index in [9.17, 15) is 17.2 Å². The van der Waals surface area contributed by atoms with E-state index in [1.165, 1.54) is 0 Å². The van der Waals surface area contributed by atoms with Crippen LogP contribution >= 0.6 is 0 Å². The Morgan fingerprint density at radius 2 is 1.75 bits per heavy atom. The van der Waals surface area contributed by atoms with Gasteiger partial charge in [-0.15, -0.1) is 10.2 Å². The van der Waals surface area contributed by atoms with E-state index in [0.717, 1.165) is 16.4 Å². The minimum absolute atomic E-state index is 0.125. The predicted octanol–water partition coefficient (Wildman–Crippen LogP) is 2.53. The van der Waals surface area contributed by atoms with Crippen molar-refractivity contribution in [1.82, 2.24) is 14.5 Å². The lowest BCUT2D eigenvalue weighted by atomic mass is 10.3. The maximum atomic E-state index is 13.9. The average molecular weight is 406 g/mol. The SMILES string of the molecule is O=S(=O)(c1cc(F)ccc1F)N1CCN(c2ccc(-c3ccco3)nn2)CC1. The molecule has 28 heavy (non-hydrogen) atoms. The second-order valence-corrected chi connectivity index (χ2v) is 8.13. The third-order valence-electron chi connectivity index (χ3n) is 4.50. The van der Waals surface area contributed by atoms with Gasteiger partial charge >= 0.3 is 0 Å². The first-order valence-corrected chi connectivity index (χ1v) is 9.97. The van der Waals surface area contributed by atoms with E-state index >= 15 is 0 Å². The van der Waals surface area contributed by atoms with Gasteiger partial charge in [-0.2, -0.15) is 4.31 Å². The fourth-order valence-corrected chi connectivity index (χ4v) is 4.52. The first-order chi connectivity index (χ1) is 13.4. The van der Waals surface area contributed by atoms with Crippen molar-refractivity contribution in [3.8, 4) is 11.5 Å². The van der Waals surface area contributed by atoms with Gasteiger partial charge < -0.3 is 9.32 Å². The smallest absolute Gasteiger partial charge is 0.246 e. The molecule has 3 heterocycles. The summed E-state index contributed by atoms with van der Waals surface area (Å²) in [5.74, 6) is -0.565. The zero-order valence-electron chi connectivity index (χ0n) is 14.6. The lowest BCUT2D eigenvalue weighted by molar-refractivity contribution is 0.380. The third-order valence-corrected chi connectivity index (χ3v) is 6.41. The van der Waals surface area contributed by atoms with E-state index in [4.69, 9.17) is 4.42 Å². The number of aromatic nitrogens is 2. The molecule has 0 saturated carbocycles. The predicted molar refractivity (Wildman–Crippen MR) is 97.1 cm³/mol. The summed E-state index contributed by atoms with van der Waals surface area (Å²) in [6.07, 6.45) is 1.55. The van der Waals surface area contributed by atoms with Crippen LogP contribution in [0.3, 0.4) is 0 Å². The Hall–Kier alpha value is -2.85. The van der Waals surface area contributed by atoms with Gasteiger partial charge in [-0.1, -0.05) is 0 Å². The topological polar surface area (TPSA) is 79.5 Å². The number of piperazine rings is 1. The van der Waals surface area contributed by atoms with Crippen molar-refractivity contribution in [2.75, 3.05) is 31.1 Å². The van der Waals surface area contributed by atoms with Crippen LogP contribution in [0.4, 0.5) is 14.6 Å². The molecule has 1 aliphatic heterocycles.